The first-order valence-electron chi connectivity index (χ1n) is 9.15. The first kappa shape index (κ1) is 19.0. The van der Waals surface area contributed by atoms with E-state index in [2.05, 4.69) is 41.0 Å². The van der Waals surface area contributed by atoms with Crippen LogP contribution in [0.4, 0.5) is 0 Å². The van der Waals surface area contributed by atoms with Gasteiger partial charge < -0.3 is 10.2 Å². The molecule has 0 saturated heterocycles. The molecule has 0 radical (unpaired) electrons. The summed E-state index contributed by atoms with van der Waals surface area (Å²) in [5.41, 5.74) is 0.880. The summed E-state index contributed by atoms with van der Waals surface area (Å²) in [5.74, 6) is 1.90. The predicted molar refractivity (Wildman–Crippen MR) is 104 cm³/mol. The van der Waals surface area contributed by atoms with Gasteiger partial charge in [-0.2, -0.15) is 0 Å². The highest BCUT2D eigenvalue weighted by atomic mass is 15.3. The standard InChI is InChI=1S/C19H30N6/c1-4-6-7-8-10-15-24(3)19(20-5-2)21-14-13-18-23-22-17-12-9-11-16-25(17)18/h4,9,11-12,16H,1,5-8,10,13-15H2,2-3H3,(H,20,21). The van der Waals surface area contributed by atoms with E-state index in [1.54, 1.807) is 0 Å². The third kappa shape index (κ3) is 5.89. The zero-order valence-electron chi connectivity index (χ0n) is 15.5. The number of unbranched alkanes of at least 4 members (excludes halogenated alkanes) is 3. The maximum absolute atomic E-state index is 4.74. The summed E-state index contributed by atoms with van der Waals surface area (Å²) in [6.07, 6.45) is 9.46. The number of rotatable bonds is 10. The predicted octanol–water partition coefficient (Wildman–Crippen LogP) is 2.92. The number of nitrogens with zero attached hydrogens (tertiary/aromatic N) is 5. The van der Waals surface area contributed by atoms with Crippen LogP contribution in [0.1, 0.15) is 38.4 Å². The summed E-state index contributed by atoms with van der Waals surface area (Å²) in [6, 6.07) is 5.93. The Morgan fingerprint density at radius 3 is 3.00 bits per heavy atom. The fraction of sp³-hybridized carbons (Fsp3) is 0.526. The van der Waals surface area contributed by atoms with Gasteiger partial charge in [-0.05, 0) is 38.3 Å². The Bertz CT molecular complexity index is 675. The Morgan fingerprint density at radius 2 is 2.20 bits per heavy atom. The average Bonchev–Trinajstić information content (AvgIpc) is 3.04. The molecular weight excluding hydrogens is 312 g/mol. The van der Waals surface area contributed by atoms with Crippen molar-refractivity contribution >= 4 is 11.6 Å². The number of hydrogen-bond donors (Lipinski definition) is 1. The lowest BCUT2D eigenvalue weighted by atomic mass is 10.2. The van der Waals surface area contributed by atoms with Crippen LogP contribution in [0, 0.1) is 0 Å². The van der Waals surface area contributed by atoms with E-state index in [1.807, 2.05) is 34.9 Å². The molecule has 0 aliphatic heterocycles. The molecule has 25 heavy (non-hydrogen) atoms. The van der Waals surface area contributed by atoms with E-state index in [-0.39, 0.29) is 0 Å². The van der Waals surface area contributed by atoms with Gasteiger partial charge in [0.25, 0.3) is 0 Å². The maximum Gasteiger partial charge on any atom is 0.193 e. The number of fused-ring (bicyclic) bond motifs is 1. The second kappa shape index (κ2) is 10.5. The van der Waals surface area contributed by atoms with Gasteiger partial charge in [-0.3, -0.25) is 9.39 Å². The summed E-state index contributed by atoms with van der Waals surface area (Å²) in [4.78, 5) is 6.95. The maximum atomic E-state index is 4.74. The van der Waals surface area contributed by atoms with Crippen molar-refractivity contribution in [2.45, 2.75) is 39.0 Å². The van der Waals surface area contributed by atoms with Crippen molar-refractivity contribution in [1.29, 1.82) is 0 Å². The van der Waals surface area contributed by atoms with Crippen molar-refractivity contribution in [2.75, 3.05) is 26.7 Å². The Hall–Kier alpha value is -2.37. The third-order valence-electron chi connectivity index (χ3n) is 4.08. The number of pyridine rings is 1. The zero-order valence-corrected chi connectivity index (χ0v) is 15.5. The van der Waals surface area contributed by atoms with Gasteiger partial charge in [0.15, 0.2) is 11.6 Å². The van der Waals surface area contributed by atoms with Gasteiger partial charge in [0.2, 0.25) is 0 Å². The topological polar surface area (TPSA) is 57.8 Å². The lowest BCUT2D eigenvalue weighted by Gasteiger charge is -2.22. The molecular formula is C19H30N6. The van der Waals surface area contributed by atoms with E-state index in [0.29, 0.717) is 6.54 Å². The SMILES string of the molecule is C=CCCCCCN(C)C(=NCCc1nnc2ccccn12)NCC. The van der Waals surface area contributed by atoms with Crippen molar-refractivity contribution < 1.29 is 0 Å². The second-order valence-electron chi connectivity index (χ2n) is 6.09. The molecule has 2 aromatic rings. The van der Waals surface area contributed by atoms with E-state index in [9.17, 15) is 0 Å². The molecule has 1 N–H and O–H groups in total. The van der Waals surface area contributed by atoms with Gasteiger partial charge in [0, 0.05) is 39.3 Å². The van der Waals surface area contributed by atoms with Gasteiger partial charge in [-0.15, -0.1) is 16.8 Å². The minimum absolute atomic E-state index is 0.693. The Kier molecular flexibility index (Phi) is 7.95. The van der Waals surface area contributed by atoms with Gasteiger partial charge in [0.05, 0.1) is 0 Å². The molecule has 0 spiro atoms. The molecule has 0 atom stereocenters. The molecule has 136 valence electrons. The molecule has 6 heteroatoms. The Labute approximate surface area is 150 Å². The number of allylic oxidation sites excluding steroid dienone is 1. The van der Waals surface area contributed by atoms with Crippen LogP contribution in [0.3, 0.4) is 0 Å². The normalized spacial score (nSPS) is 11.7. The van der Waals surface area contributed by atoms with Gasteiger partial charge in [-0.1, -0.05) is 18.6 Å². The number of nitrogens with one attached hydrogen (secondary N) is 1. The first-order chi connectivity index (χ1) is 12.3. The van der Waals surface area contributed by atoms with Crippen molar-refractivity contribution in [2.24, 2.45) is 4.99 Å². The molecule has 0 unspecified atom stereocenters. The highest BCUT2D eigenvalue weighted by molar-refractivity contribution is 5.79. The number of hydrogen-bond acceptors (Lipinski definition) is 3. The monoisotopic (exact) mass is 342 g/mol. The highest BCUT2D eigenvalue weighted by Gasteiger charge is 2.07. The van der Waals surface area contributed by atoms with Crippen LogP contribution in [0.15, 0.2) is 42.0 Å². The third-order valence-corrected chi connectivity index (χ3v) is 4.08. The molecule has 2 aromatic heterocycles. The fourth-order valence-electron chi connectivity index (χ4n) is 2.71. The molecule has 0 bridgehead atoms. The van der Waals surface area contributed by atoms with Gasteiger partial charge in [0.1, 0.15) is 5.82 Å². The van der Waals surface area contributed by atoms with Crippen molar-refractivity contribution in [3.8, 4) is 0 Å². The smallest absolute Gasteiger partial charge is 0.193 e. The average molecular weight is 342 g/mol. The summed E-state index contributed by atoms with van der Waals surface area (Å²) < 4.78 is 2.02. The second-order valence-corrected chi connectivity index (χ2v) is 6.09. The Morgan fingerprint density at radius 1 is 1.32 bits per heavy atom. The van der Waals surface area contributed by atoms with Crippen LogP contribution >= 0.6 is 0 Å². The lowest BCUT2D eigenvalue weighted by molar-refractivity contribution is 0.455. The quantitative estimate of drug-likeness (QED) is 0.312. The van der Waals surface area contributed by atoms with Crippen LogP contribution in [-0.2, 0) is 6.42 Å². The summed E-state index contributed by atoms with van der Waals surface area (Å²) in [7, 11) is 2.10. The summed E-state index contributed by atoms with van der Waals surface area (Å²) >= 11 is 0. The van der Waals surface area contributed by atoms with E-state index >= 15 is 0 Å². The van der Waals surface area contributed by atoms with E-state index in [4.69, 9.17) is 4.99 Å². The van der Waals surface area contributed by atoms with E-state index < -0.39 is 0 Å². The zero-order chi connectivity index (χ0) is 17.9. The van der Waals surface area contributed by atoms with Crippen LogP contribution in [0.2, 0.25) is 0 Å². The van der Waals surface area contributed by atoms with Crippen LogP contribution in [0.5, 0.6) is 0 Å². The largest absolute Gasteiger partial charge is 0.357 e. The highest BCUT2D eigenvalue weighted by Crippen LogP contribution is 2.04. The summed E-state index contributed by atoms with van der Waals surface area (Å²) in [6.45, 7) is 8.44. The number of guanidine groups is 1. The molecule has 2 rings (SSSR count). The van der Waals surface area contributed by atoms with Gasteiger partial charge in [-0.25, -0.2) is 0 Å². The lowest BCUT2D eigenvalue weighted by Crippen LogP contribution is -2.39. The molecule has 0 saturated carbocycles. The molecule has 0 aliphatic carbocycles. The minimum Gasteiger partial charge on any atom is -0.357 e. The summed E-state index contributed by atoms with van der Waals surface area (Å²) in [5, 5.41) is 11.8. The molecule has 0 fully saturated rings. The number of aliphatic imine (C=N–C) groups is 1. The van der Waals surface area contributed by atoms with E-state index in [1.165, 1.54) is 19.3 Å². The molecule has 0 aliphatic rings. The van der Waals surface area contributed by atoms with Crippen molar-refractivity contribution in [1.82, 2.24) is 24.8 Å². The fourth-order valence-corrected chi connectivity index (χ4v) is 2.71. The minimum atomic E-state index is 0.693. The van der Waals surface area contributed by atoms with Crippen LogP contribution in [0.25, 0.3) is 5.65 Å². The molecule has 6 nitrogen and oxygen atoms in total. The Balaban J connectivity index is 1.86. The molecule has 0 aromatic carbocycles. The van der Waals surface area contributed by atoms with Gasteiger partial charge >= 0.3 is 0 Å². The van der Waals surface area contributed by atoms with E-state index in [0.717, 1.165) is 43.4 Å². The van der Waals surface area contributed by atoms with Crippen molar-refractivity contribution in [3.05, 3.63) is 42.9 Å². The first-order valence-corrected chi connectivity index (χ1v) is 9.15. The number of aromatic nitrogens is 3. The molecule has 0 amide bonds. The van der Waals surface area contributed by atoms with Crippen LogP contribution in [-0.4, -0.2) is 52.1 Å². The van der Waals surface area contributed by atoms with Crippen LogP contribution < -0.4 is 5.32 Å². The van der Waals surface area contributed by atoms with Crippen molar-refractivity contribution in [3.63, 3.8) is 0 Å². The molecule has 2 heterocycles.